The fourth-order valence-corrected chi connectivity index (χ4v) is 2.64. The molecule has 126 valence electrons. The van der Waals surface area contributed by atoms with Crippen LogP contribution in [-0.2, 0) is 11.2 Å². The molecular formula is C19H27NO3. The van der Waals surface area contributed by atoms with Gasteiger partial charge in [-0.25, -0.2) is 0 Å². The van der Waals surface area contributed by atoms with Crippen LogP contribution in [0.15, 0.2) is 36.5 Å². The lowest BCUT2D eigenvalue weighted by Crippen LogP contribution is -2.22. The molecule has 2 N–H and O–H groups in total. The summed E-state index contributed by atoms with van der Waals surface area (Å²) in [5.74, 6) is 1.12. The molecule has 0 saturated carbocycles. The third kappa shape index (κ3) is 4.60. The van der Waals surface area contributed by atoms with Crippen LogP contribution in [0, 0.1) is 0 Å². The van der Waals surface area contributed by atoms with Gasteiger partial charge in [0.05, 0.1) is 18.4 Å². The van der Waals surface area contributed by atoms with Crippen LogP contribution in [0.2, 0.25) is 0 Å². The molecule has 2 rings (SSSR count). The van der Waals surface area contributed by atoms with E-state index >= 15 is 0 Å². The predicted molar refractivity (Wildman–Crippen MR) is 92.0 cm³/mol. The molecule has 0 aliphatic rings. The van der Waals surface area contributed by atoms with E-state index in [9.17, 15) is 5.11 Å². The van der Waals surface area contributed by atoms with Crippen molar-refractivity contribution in [3.05, 3.63) is 53.3 Å². The van der Waals surface area contributed by atoms with Crippen molar-refractivity contribution < 1.29 is 14.6 Å². The van der Waals surface area contributed by atoms with Crippen molar-refractivity contribution in [2.24, 2.45) is 0 Å². The zero-order valence-electron chi connectivity index (χ0n) is 14.4. The Morgan fingerprint density at radius 2 is 1.78 bits per heavy atom. The number of hydrogen-bond acceptors (Lipinski definition) is 3. The Balaban J connectivity index is 2.15. The molecule has 2 aromatic rings. The molecular weight excluding hydrogens is 290 g/mol. The Morgan fingerprint density at radius 3 is 2.35 bits per heavy atom. The van der Waals surface area contributed by atoms with Crippen LogP contribution in [0.3, 0.4) is 0 Å². The standard InChI is InChI=1S/C19H27NO3/c1-13(2)17-9-11-20-18(17)19(14(3)21)23-16-7-5-15(6-8-16)10-12-22-4/h5-9,11,13-14,19-21H,10,12H2,1-4H3. The topological polar surface area (TPSA) is 54.5 Å². The van der Waals surface area contributed by atoms with Crippen LogP contribution >= 0.6 is 0 Å². The molecule has 4 heteroatoms. The largest absolute Gasteiger partial charge is 0.481 e. The number of aromatic amines is 1. The first-order valence-electron chi connectivity index (χ1n) is 8.12. The Hall–Kier alpha value is -1.78. The molecule has 23 heavy (non-hydrogen) atoms. The van der Waals surface area contributed by atoms with E-state index in [0.717, 1.165) is 17.9 Å². The highest BCUT2D eigenvalue weighted by Gasteiger charge is 2.24. The third-order valence-corrected chi connectivity index (χ3v) is 3.94. The van der Waals surface area contributed by atoms with E-state index in [1.165, 1.54) is 11.1 Å². The number of aliphatic hydroxyl groups excluding tert-OH is 1. The number of aromatic nitrogens is 1. The van der Waals surface area contributed by atoms with E-state index in [-0.39, 0.29) is 0 Å². The lowest BCUT2D eigenvalue weighted by atomic mass is 9.99. The minimum Gasteiger partial charge on any atom is -0.481 e. The highest BCUT2D eigenvalue weighted by atomic mass is 16.5. The van der Waals surface area contributed by atoms with Gasteiger partial charge < -0.3 is 19.6 Å². The number of rotatable bonds is 8. The lowest BCUT2D eigenvalue weighted by molar-refractivity contribution is 0.0450. The monoisotopic (exact) mass is 317 g/mol. The van der Waals surface area contributed by atoms with Gasteiger partial charge in [-0.05, 0) is 48.6 Å². The Kier molecular flexibility index (Phi) is 6.25. The first-order chi connectivity index (χ1) is 11.0. The van der Waals surface area contributed by atoms with E-state index < -0.39 is 12.2 Å². The van der Waals surface area contributed by atoms with Crippen molar-refractivity contribution in [1.29, 1.82) is 0 Å². The molecule has 0 fully saturated rings. The summed E-state index contributed by atoms with van der Waals surface area (Å²) in [5.41, 5.74) is 3.32. The van der Waals surface area contributed by atoms with Crippen LogP contribution in [0.4, 0.5) is 0 Å². The van der Waals surface area contributed by atoms with Crippen LogP contribution in [0.1, 0.15) is 49.6 Å². The molecule has 0 amide bonds. The van der Waals surface area contributed by atoms with E-state index in [1.807, 2.05) is 36.5 Å². The number of hydrogen-bond donors (Lipinski definition) is 2. The lowest BCUT2D eigenvalue weighted by Gasteiger charge is -2.23. The number of nitrogens with one attached hydrogen (secondary N) is 1. The van der Waals surface area contributed by atoms with Gasteiger partial charge in [0.25, 0.3) is 0 Å². The number of ether oxygens (including phenoxy) is 2. The second kappa shape index (κ2) is 8.18. The summed E-state index contributed by atoms with van der Waals surface area (Å²) < 4.78 is 11.1. The van der Waals surface area contributed by atoms with Gasteiger partial charge in [-0.15, -0.1) is 0 Å². The fraction of sp³-hybridized carbons (Fsp3) is 0.474. The summed E-state index contributed by atoms with van der Waals surface area (Å²) in [7, 11) is 1.70. The molecule has 0 spiro atoms. The molecule has 1 aromatic heterocycles. The molecule has 0 aliphatic heterocycles. The van der Waals surface area contributed by atoms with Gasteiger partial charge >= 0.3 is 0 Å². The Bertz CT molecular complexity index is 587. The second-order valence-corrected chi connectivity index (χ2v) is 6.17. The van der Waals surface area contributed by atoms with Crippen LogP contribution < -0.4 is 4.74 Å². The molecule has 2 atom stereocenters. The zero-order valence-corrected chi connectivity index (χ0v) is 14.4. The molecule has 0 bridgehead atoms. The van der Waals surface area contributed by atoms with Crippen molar-refractivity contribution in [3.63, 3.8) is 0 Å². The second-order valence-electron chi connectivity index (χ2n) is 6.17. The highest BCUT2D eigenvalue weighted by Crippen LogP contribution is 2.30. The maximum atomic E-state index is 10.2. The Labute approximate surface area is 138 Å². The van der Waals surface area contributed by atoms with Gasteiger partial charge in [0.2, 0.25) is 0 Å². The molecule has 2 unspecified atom stereocenters. The number of H-pyrrole nitrogens is 1. The van der Waals surface area contributed by atoms with Gasteiger partial charge in [-0.2, -0.15) is 0 Å². The van der Waals surface area contributed by atoms with Crippen LogP contribution in [0.25, 0.3) is 0 Å². The number of aliphatic hydroxyl groups is 1. The maximum Gasteiger partial charge on any atom is 0.164 e. The summed E-state index contributed by atoms with van der Waals surface area (Å²) in [6.07, 6.45) is 1.76. The minimum absolute atomic E-state index is 0.373. The molecule has 1 heterocycles. The first kappa shape index (κ1) is 17.6. The zero-order chi connectivity index (χ0) is 16.8. The highest BCUT2D eigenvalue weighted by molar-refractivity contribution is 5.31. The molecule has 1 aromatic carbocycles. The van der Waals surface area contributed by atoms with E-state index in [2.05, 4.69) is 18.8 Å². The van der Waals surface area contributed by atoms with Crippen molar-refractivity contribution in [2.45, 2.75) is 45.3 Å². The van der Waals surface area contributed by atoms with Gasteiger partial charge in [-0.3, -0.25) is 0 Å². The van der Waals surface area contributed by atoms with E-state index in [4.69, 9.17) is 9.47 Å². The molecule has 4 nitrogen and oxygen atoms in total. The third-order valence-electron chi connectivity index (χ3n) is 3.94. The van der Waals surface area contributed by atoms with Gasteiger partial charge in [-0.1, -0.05) is 26.0 Å². The van der Waals surface area contributed by atoms with E-state index in [0.29, 0.717) is 12.5 Å². The van der Waals surface area contributed by atoms with E-state index in [1.54, 1.807) is 14.0 Å². The van der Waals surface area contributed by atoms with Crippen molar-refractivity contribution >= 4 is 0 Å². The summed E-state index contributed by atoms with van der Waals surface area (Å²) in [5, 5.41) is 10.2. The van der Waals surface area contributed by atoms with Crippen LogP contribution in [-0.4, -0.2) is 29.9 Å². The average molecular weight is 317 g/mol. The quantitative estimate of drug-likeness (QED) is 0.778. The molecule has 0 saturated heterocycles. The first-order valence-corrected chi connectivity index (χ1v) is 8.12. The number of benzene rings is 1. The van der Waals surface area contributed by atoms with Crippen LogP contribution in [0.5, 0.6) is 5.75 Å². The summed E-state index contributed by atoms with van der Waals surface area (Å²) >= 11 is 0. The molecule has 0 aliphatic carbocycles. The predicted octanol–water partition coefficient (Wildman–Crippen LogP) is 3.83. The number of methoxy groups -OCH3 is 1. The average Bonchev–Trinajstić information content (AvgIpc) is 3.00. The SMILES string of the molecule is COCCc1ccc(OC(c2[nH]ccc2C(C)C)C(C)O)cc1. The summed E-state index contributed by atoms with van der Waals surface area (Å²) in [6.45, 7) is 6.73. The normalized spacial score (nSPS) is 14.0. The Morgan fingerprint density at radius 1 is 1.09 bits per heavy atom. The molecule has 0 radical (unpaired) electrons. The van der Waals surface area contributed by atoms with Gasteiger partial charge in [0.15, 0.2) is 6.10 Å². The summed E-state index contributed by atoms with van der Waals surface area (Å²) in [4.78, 5) is 3.23. The smallest absolute Gasteiger partial charge is 0.164 e. The van der Waals surface area contributed by atoms with Gasteiger partial charge in [0.1, 0.15) is 5.75 Å². The van der Waals surface area contributed by atoms with Crippen molar-refractivity contribution in [1.82, 2.24) is 4.98 Å². The maximum absolute atomic E-state index is 10.2. The van der Waals surface area contributed by atoms with Crippen molar-refractivity contribution in [3.8, 4) is 5.75 Å². The van der Waals surface area contributed by atoms with Gasteiger partial charge in [0, 0.05) is 13.3 Å². The summed E-state index contributed by atoms with van der Waals surface area (Å²) in [6, 6.07) is 10.0. The minimum atomic E-state index is -0.612. The fourth-order valence-electron chi connectivity index (χ4n) is 2.64. The van der Waals surface area contributed by atoms with Crippen molar-refractivity contribution in [2.75, 3.05) is 13.7 Å².